The Bertz CT molecular complexity index is 985. The topological polar surface area (TPSA) is 65.8 Å². The third-order valence-electron chi connectivity index (χ3n) is 4.56. The number of nitrogens with one attached hydrogen (secondary N) is 1. The van der Waals surface area contributed by atoms with Gasteiger partial charge >= 0.3 is 0 Å². The Morgan fingerprint density at radius 1 is 1.19 bits per heavy atom. The van der Waals surface area contributed by atoms with Crippen LogP contribution in [0, 0.1) is 5.82 Å². The van der Waals surface area contributed by atoms with E-state index in [-0.39, 0.29) is 11.7 Å². The fourth-order valence-corrected chi connectivity index (χ4v) is 3.10. The second-order valence-electron chi connectivity index (χ2n) is 6.42. The van der Waals surface area contributed by atoms with Crippen LogP contribution in [0.25, 0.3) is 5.65 Å². The van der Waals surface area contributed by atoms with E-state index in [9.17, 15) is 9.18 Å². The van der Waals surface area contributed by atoms with E-state index in [2.05, 4.69) is 15.4 Å². The van der Waals surface area contributed by atoms with Gasteiger partial charge in [-0.2, -0.15) is 5.10 Å². The molecule has 0 unspecified atom stereocenters. The largest absolute Gasteiger partial charge is 0.379 e. The molecule has 2 bridgehead atoms. The van der Waals surface area contributed by atoms with Crippen LogP contribution in [-0.2, 0) is 6.54 Å². The van der Waals surface area contributed by atoms with Crippen molar-refractivity contribution in [3.8, 4) is 0 Å². The van der Waals surface area contributed by atoms with Crippen molar-refractivity contribution in [2.45, 2.75) is 6.54 Å². The molecular weight excluding hydrogens is 335 g/mol. The summed E-state index contributed by atoms with van der Waals surface area (Å²) in [6.45, 7) is 1.43. The van der Waals surface area contributed by atoms with Gasteiger partial charge in [0, 0.05) is 45.5 Å². The molecule has 0 fully saturated rings. The SMILES string of the molecule is CN1CCNc2cnn3ccc(nc23)N(C)Cc2cc(F)ccc2C1=O. The monoisotopic (exact) mass is 354 g/mol. The maximum Gasteiger partial charge on any atom is 0.254 e. The predicted octanol–water partition coefficient (Wildman–Crippen LogP) is 2.00. The number of hydrogen-bond acceptors (Lipinski definition) is 5. The number of benzene rings is 1. The first kappa shape index (κ1) is 16.3. The molecule has 0 aliphatic carbocycles. The molecule has 26 heavy (non-hydrogen) atoms. The molecule has 1 aliphatic rings. The van der Waals surface area contributed by atoms with Crippen molar-refractivity contribution in [3.05, 3.63) is 53.6 Å². The standard InChI is InChI=1S/C18H19FN6O/c1-23-8-6-20-15-10-21-25-7-5-16(22-17(15)25)24(2)11-12-9-13(19)3-4-14(12)18(23)26/h3-5,7,9-10,20H,6,8,11H2,1-2H3. The molecule has 8 heteroatoms. The highest BCUT2D eigenvalue weighted by Crippen LogP contribution is 2.22. The highest BCUT2D eigenvalue weighted by atomic mass is 19.1. The third-order valence-corrected chi connectivity index (χ3v) is 4.56. The van der Waals surface area contributed by atoms with Crippen LogP contribution in [-0.4, -0.2) is 52.6 Å². The molecule has 0 atom stereocenters. The number of nitrogens with zero attached hydrogens (tertiary/aromatic N) is 5. The lowest BCUT2D eigenvalue weighted by Gasteiger charge is -2.22. The quantitative estimate of drug-likeness (QED) is 0.669. The number of halogens is 1. The second-order valence-corrected chi connectivity index (χ2v) is 6.42. The average Bonchev–Trinajstić information content (AvgIpc) is 3.03. The molecule has 1 aliphatic heterocycles. The van der Waals surface area contributed by atoms with Gasteiger partial charge in [0.15, 0.2) is 5.65 Å². The summed E-state index contributed by atoms with van der Waals surface area (Å²) in [7, 11) is 3.61. The molecular formula is C18H19FN6O. The molecule has 3 aromatic rings. The first-order valence-corrected chi connectivity index (χ1v) is 8.36. The highest BCUT2D eigenvalue weighted by molar-refractivity contribution is 5.95. The number of carbonyl (C=O) groups is 1. The average molecular weight is 354 g/mol. The summed E-state index contributed by atoms with van der Waals surface area (Å²) in [5.41, 5.74) is 2.65. The molecule has 3 heterocycles. The van der Waals surface area contributed by atoms with E-state index in [1.807, 2.05) is 24.2 Å². The van der Waals surface area contributed by atoms with Gasteiger partial charge in [0.1, 0.15) is 17.3 Å². The molecule has 134 valence electrons. The summed E-state index contributed by atoms with van der Waals surface area (Å²) in [6, 6.07) is 6.13. The molecule has 0 radical (unpaired) electrons. The molecule has 0 saturated heterocycles. The lowest BCUT2D eigenvalue weighted by atomic mass is 10.1. The lowest BCUT2D eigenvalue weighted by molar-refractivity contribution is 0.0799. The predicted molar refractivity (Wildman–Crippen MR) is 96.9 cm³/mol. The third kappa shape index (κ3) is 2.83. The van der Waals surface area contributed by atoms with Crippen LogP contribution in [0.4, 0.5) is 15.9 Å². The number of likely N-dealkylation sites (N-methyl/N-ethyl adjacent to an activating group) is 1. The van der Waals surface area contributed by atoms with Crippen molar-refractivity contribution in [2.24, 2.45) is 0 Å². The number of hydrogen-bond donors (Lipinski definition) is 1. The Kier molecular flexibility index (Phi) is 3.95. The summed E-state index contributed by atoms with van der Waals surface area (Å²) in [4.78, 5) is 21.0. The van der Waals surface area contributed by atoms with Gasteiger partial charge in [0.05, 0.1) is 6.20 Å². The molecule has 0 spiro atoms. The first-order chi connectivity index (χ1) is 12.5. The van der Waals surface area contributed by atoms with E-state index in [4.69, 9.17) is 0 Å². The van der Waals surface area contributed by atoms with Gasteiger partial charge in [0.2, 0.25) is 0 Å². The number of amides is 1. The van der Waals surface area contributed by atoms with E-state index in [1.54, 1.807) is 28.7 Å². The van der Waals surface area contributed by atoms with Crippen molar-refractivity contribution in [1.29, 1.82) is 0 Å². The van der Waals surface area contributed by atoms with Gasteiger partial charge in [-0.3, -0.25) is 4.79 Å². The van der Waals surface area contributed by atoms with Crippen LogP contribution in [0.5, 0.6) is 0 Å². The van der Waals surface area contributed by atoms with Crippen LogP contribution < -0.4 is 10.2 Å². The van der Waals surface area contributed by atoms with Crippen molar-refractivity contribution in [2.75, 3.05) is 37.4 Å². The van der Waals surface area contributed by atoms with Gasteiger partial charge in [-0.25, -0.2) is 13.9 Å². The summed E-state index contributed by atoms with van der Waals surface area (Å²) in [5.74, 6) is 0.227. The number of carbonyl (C=O) groups excluding carboxylic acids is 1. The van der Waals surface area contributed by atoms with Gasteiger partial charge in [-0.05, 0) is 29.8 Å². The maximum atomic E-state index is 13.8. The molecule has 7 nitrogen and oxygen atoms in total. The van der Waals surface area contributed by atoms with E-state index >= 15 is 0 Å². The van der Waals surface area contributed by atoms with Gasteiger partial charge in [-0.1, -0.05) is 0 Å². The number of aromatic nitrogens is 3. The molecule has 1 N–H and O–H groups in total. The summed E-state index contributed by atoms with van der Waals surface area (Å²) < 4.78 is 15.5. The molecule has 0 saturated carbocycles. The van der Waals surface area contributed by atoms with Gasteiger partial charge in [-0.15, -0.1) is 0 Å². The zero-order chi connectivity index (χ0) is 18.3. The Morgan fingerprint density at radius 3 is 2.88 bits per heavy atom. The number of rotatable bonds is 0. The number of fused-ring (bicyclic) bond motifs is 2. The van der Waals surface area contributed by atoms with Crippen molar-refractivity contribution < 1.29 is 9.18 Å². The van der Waals surface area contributed by atoms with Crippen molar-refractivity contribution >= 4 is 23.1 Å². The fraction of sp³-hybridized carbons (Fsp3) is 0.278. The Labute approximate surface area is 150 Å². The normalized spacial score (nSPS) is 15.3. The summed E-state index contributed by atoms with van der Waals surface area (Å²) >= 11 is 0. The molecule has 4 rings (SSSR count). The van der Waals surface area contributed by atoms with E-state index in [0.29, 0.717) is 36.4 Å². The van der Waals surface area contributed by atoms with E-state index in [0.717, 1.165) is 11.5 Å². The molecule has 1 amide bonds. The van der Waals surface area contributed by atoms with Crippen LogP contribution in [0.1, 0.15) is 15.9 Å². The minimum Gasteiger partial charge on any atom is -0.379 e. The van der Waals surface area contributed by atoms with Crippen LogP contribution in [0.2, 0.25) is 0 Å². The molecule has 1 aromatic carbocycles. The maximum absolute atomic E-state index is 13.8. The zero-order valence-electron chi connectivity index (χ0n) is 14.6. The highest BCUT2D eigenvalue weighted by Gasteiger charge is 2.19. The lowest BCUT2D eigenvalue weighted by Crippen LogP contribution is -2.32. The Hall–Kier alpha value is -3.16. The van der Waals surface area contributed by atoms with E-state index < -0.39 is 0 Å². The zero-order valence-corrected chi connectivity index (χ0v) is 14.6. The first-order valence-electron chi connectivity index (χ1n) is 8.36. The fourth-order valence-electron chi connectivity index (χ4n) is 3.10. The van der Waals surface area contributed by atoms with Crippen LogP contribution in [0.15, 0.2) is 36.7 Å². The minimum atomic E-state index is -0.361. The Balaban J connectivity index is 1.82. The van der Waals surface area contributed by atoms with Crippen molar-refractivity contribution in [3.63, 3.8) is 0 Å². The van der Waals surface area contributed by atoms with E-state index in [1.165, 1.54) is 12.1 Å². The molecule has 2 aromatic heterocycles. The minimum absolute atomic E-state index is 0.130. The number of anilines is 2. The summed E-state index contributed by atoms with van der Waals surface area (Å²) in [5, 5.41) is 7.56. The summed E-state index contributed by atoms with van der Waals surface area (Å²) in [6.07, 6.45) is 3.56. The van der Waals surface area contributed by atoms with Gasteiger partial charge < -0.3 is 15.1 Å². The van der Waals surface area contributed by atoms with Crippen LogP contribution >= 0.6 is 0 Å². The van der Waals surface area contributed by atoms with Crippen molar-refractivity contribution in [1.82, 2.24) is 19.5 Å². The Morgan fingerprint density at radius 2 is 2.04 bits per heavy atom. The smallest absolute Gasteiger partial charge is 0.254 e. The van der Waals surface area contributed by atoms with Crippen LogP contribution in [0.3, 0.4) is 0 Å². The second kappa shape index (κ2) is 6.29. The van der Waals surface area contributed by atoms with Gasteiger partial charge in [0.25, 0.3) is 5.91 Å².